The molecular weight excluding hydrogens is 626 g/mol. The third-order valence-corrected chi connectivity index (χ3v) is 9.97. The molecule has 4 aromatic rings. The van der Waals surface area contributed by atoms with Crippen molar-refractivity contribution in [1.29, 1.82) is 0 Å². The number of carbonyl (C=O) groups is 1. The van der Waals surface area contributed by atoms with E-state index in [9.17, 15) is 13.2 Å². The van der Waals surface area contributed by atoms with Gasteiger partial charge in [0.05, 0.1) is 43.8 Å². The molecule has 1 aromatic heterocycles. The zero-order valence-electron chi connectivity index (χ0n) is 24.2. The van der Waals surface area contributed by atoms with Gasteiger partial charge in [-0.15, -0.1) is 10.2 Å². The van der Waals surface area contributed by atoms with Gasteiger partial charge in [-0.05, 0) is 54.4 Å². The standard InChI is InChI=1S/C30H32ClN5O6S2/c1-40-26-10-9-21(17-27(26)41-2)11-12-32-28(37)20-43-30-34-33-29(36(30)24-7-4-6-23(31)19-24)22-5-3-8-25(18-22)44(38,39)35-13-15-42-16-14-35/h3-10,17-19H,11-16,20H2,1-2H3,(H,32,37). The van der Waals surface area contributed by atoms with Crippen LogP contribution in [0.15, 0.2) is 76.8 Å². The van der Waals surface area contributed by atoms with Gasteiger partial charge in [-0.3, -0.25) is 9.36 Å². The lowest BCUT2D eigenvalue weighted by Gasteiger charge is -2.26. The highest BCUT2D eigenvalue weighted by Gasteiger charge is 2.27. The minimum Gasteiger partial charge on any atom is -0.493 e. The highest BCUT2D eigenvalue weighted by atomic mass is 35.5. The molecule has 3 aromatic carbocycles. The Balaban J connectivity index is 1.33. The Morgan fingerprint density at radius 2 is 1.77 bits per heavy atom. The van der Waals surface area contributed by atoms with Gasteiger partial charge in [-0.1, -0.05) is 47.6 Å². The summed E-state index contributed by atoms with van der Waals surface area (Å²) in [6.07, 6.45) is 0.614. The van der Waals surface area contributed by atoms with Gasteiger partial charge < -0.3 is 19.5 Å². The number of benzene rings is 3. The van der Waals surface area contributed by atoms with E-state index in [1.807, 2.05) is 24.3 Å². The summed E-state index contributed by atoms with van der Waals surface area (Å²) >= 11 is 7.54. The average molecular weight is 658 g/mol. The average Bonchev–Trinajstić information content (AvgIpc) is 3.48. The molecule has 44 heavy (non-hydrogen) atoms. The second-order valence-electron chi connectivity index (χ2n) is 9.74. The van der Waals surface area contributed by atoms with E-state index in [0.29, 0.717) is 78.0 Å². The van der Waals surface area contributed by atoms with Gasteiger partial charge in [0, 0.05) is 30.2 Å². The lowest BCUT2D eigenvalue weighted by atomic mass is 10.1. The molecule has 2 heterocycles. The minimum absolute atomic E-state index is 0.0933. The lowest BCUT2D eigenvalue weighted by Crippen LogP contribution is -2.40. The summed E-state index contributed by atoms with van der Waals surface area (Å²) in [6, 6.07) is 19.4. The van der Waals surface area contributed by atoms with Crippen LogP contribution in [0.25, 0.3) is 17.1 Å². The van der Waals surface area contributed by atoms with E-state index in [4.69, 9.17) is 25.8 Å². The number of nitrogens with zero attached hydrogens (tertiary/aromatic N) is 4. The van der Waals surface area contributed by atoms with Crippen molar-refractivity contribution in [2.45, 2.75) is 16.5 Å². The number of methoxy groups -OCH3 is 2. The van der Waals surface area contributed by atoms with Crippen LogP contribution in [0.3, 0.4) is 0 Å². The van der Waals surface area contributed by atoms with Crippen LogP contribution in [0, 0.1) is 0 Å². The van der Waals surface area contributed by atoms with E-state index in [0.717, 1.165) is 5.56 Å². The van der Waals surface area contributed by atoms with Gasteiger partial charge in [-0.2, -0.15) is 4.31 Å². The maximum atomic E-state index is 13.3. The van der Waals surface area contributed by atoms with E-state index in [-0.39, 0.29) is 16.6 Å². The zero-order chi connectivity index (χ0) is 31.1. The number of morpholine rings is 1. The molecule has 0 radical (unpaired) electrons. The van der Waals surface area contributed by atoms with Crippen LogP contribution < -0.4 is 14.8 Å². The SMILES string of the molecule is COc1ccc(CCNC(=O)CSc2nnc(-c3cccc(S(=O)(=O)N4CCOCC4)c3)n2-c2cccc(Cl)c2)cc1OC. The Kier molecular flexibility index (Phi) is 10.4. The summed E-state index contributed by atoms with van der Waals surface area (Å²) in [5, 5.41) is 12.7. The number of ether oxygens (including phenoxy) is 3. The number of sulfonamides is 1. The molecule has 0 bridgehead atoms. The maximum Gasteiger partial charge on any atom is 0.243 e. The Bertz CT molecular complexity index is 1730. The van der Waals surface area contributed by atoms with E-state index in [1.165, 1.54) is 16.1 Å². The molecule has 1 aliphatic heterocycles. The molecule has 14 heteroatoms. The van der Waals surface area contributed by atoms with Crippen molar-refractivity contribution in [3.63, 3.8) is 0 Å². The number of nitrogens with one attached hydrogen (secondary N) is 1. The number of rotatable bonds is 12. The highest BCUT2D eigenvalue weighted by molar-refractivity contribution is 7.99. The van der Waals surface area contributed by atoms with Crippen molar-refractivity contribution in [2.24, 2.45) is 0 Å². The van der Waals surface area contributed by atoms with Crippen LogP contribution in [-0.4, -0.2) is 86.2 Å². The van der Waals surface area contributed by atoms with Crippen molar-refractivity contribution in [2.75, 3.05) is 52.8 Å². The Morgan fingerprint density at radius 3 is 2.52 bits per heavy atom. The summed E-state index contributed by atoms with van der Waals surface area (Å²) in [5.41, 5.74) is 2.23. The summed E-state index contributed by atoms with van der Waals surface area (Å²) < 4.78 is 45.8. The van der Waals surface area contributed by atoms with Crippen LogP contribution in [0.2, 0.25) is 5.02 Å². The van der Waals surface area contributed by atoms with E-state index < -0.39 is 10.0 Å². The lowest BCUT2D eigenvalue weighted by molar-refractivity contribution is -0.118. The van der Waals surface area contributed by atoms with Crippen molar-refractivity contribution in [1.82, 2.24) is 24.4 Å². The quantitative estimate of drug-likeness (QED) is 0.225. The molecule has 1 fully saturated rings. The maximum absolute atomic E-state index is 13.3. The van der Waals surface area contributed by atoms with Gasteiger partial charge in [0.2, 0.25) is 15.9 Å². The molecule has 5 rings (SSSR count). The highest BCUT2D eigenvalue weighted by Crippen LogP contribution is 2.31. The summed E-state index contributed by atoms with van der Waals surface area (Å²) in [4.78, 5) is 12.9. The van der Waals surface area contributed by atoms with E-state index in [2.05, 4.69) is 15.5 Å². The van der Waals surface area contributed by atoms with E-state index >= 15 is 0 Å². The number of thioether (sulfide) groups is 1. The number of hydrogen-bond donors (Lipinski definition) is 1. The largest absolute Gasteiger partial charge is 0.493 e. The van der Waals surface area contributed by atoms with Crippen molar-refractivity contribution in [3.05, 3.63) is 77.3 Å². The molecule has 1 amide bonds. The van der Waals surface area contributed by atoms with Crippen molar-refractivity contribution < 1.29 is 27.4 Å². The first-order chi connectivity index (χ1) is 21.3. The predicted octanol–water partition coefficient (Wildman–Crippen LogP) is 4.08. The van der Waals surface area contributed by atoms with Crippen LogP contribution in [-0.2, 0) is 26.0 Å². The van der Waals surface area contributed by atoms with Gasteiger partial charge in [-0.25, -0.2) is 8.42 Å². The smallest absolute Gasteiger partial charge is 0.243 e. The molecule has 1 N–H and O–H groups in total. The molecule has 232 valence electrons. The normalized spacial score (nSPS) is 13.9. The molecule has 0 unspecified atom stereocenters. The topological polar surface area (TPSA) is 125 Å². The summed E-state index contributed by atoms with van der Waals surface area (Å²) in [7, 11) is -0.560. The fourth-order valence-corrected chi connectivity index (χ4v) is 7.11. The zero-order valence-corrected chi connectivity index (χ0v) is 26.6. The molecule has 0 spiro atoms. The Labute approximate surface area is 265 Å². The van der Waals surface area contributed by atoms with Crippen LogP contribution in [0.1, 0.15) is 5.56 Å². The van der Waals surface area contributed by atoms with Gasteiger partial charge in [0.15, 0.2) is 22.5 Å². The van der Waals surface area contributed by atoms with Gasteiger partial charge >= 0.3 is 0 Å². The van der Waals surface area contributed by atoms with Crippen molar-refractivity contribution in [3.8, 4) is 28.6 Å². The molecule has 1 saturated heterocycles. The minimum atomic E-state index is -3.72. The second kappa shape index (κ2) is 14.4. The Morgan fingerprint density at radius 1 is 1.00 bits per heavy atom. The number of halogens is 1. The van der Waals surface area contributed by atoms with Crippen LogP contribution >= 0.6 is 23.4 Å². The molecular formula is C30H32ClN5O6S2. The number of hydrogen-bond acceptors (Lipinski definition) is 9. The molecule has 11 nitrogen and oxygen atoms in total. The fourth-order valence-electron chi connectivity index (χ4n) is 4.69. The monoisotopic (exact) mass is 657 g/mol. The molecule has 0 atom stereocenters. The summed E-state index contributed by atoms with van der Waals surface area (Å²) in [5.74, 6) is 1.62. The van der Waals surface area contributed by atoms with Crippen LogP contribution in [0.4, 0.5) is 0 Å². The second-order valence-corrected chi connectivity index (χ2v) is 13.1. The Hall–Kier alpha value is -3.62. The van der Waals surface area contributed by atoms with Crippen molar-refractivity contribution >= 4 is 39.3 Å². The molecule has 0 saturated carbocycles. The fraction of sp³-hybridized carbons (Fsp3) is 0.300. The van der Waals surface area contributed by atoms with Gasteiger partial charge in [0.25, 0.3) is 0 Å². The third-order valence-electron chi connectivity index (χ3n) is 6.92. The molecule has 1 aliphatic rings. The summed E-state index contributed by atoms with van der Waals surface area (Å²) in [6.45, 7) is 1.73. The third kappa shape index (κ3) is 7.36. The van der Waals surface area contributed by atoms with E-state index in [1.54, 1.807) is 61.3 Å². The van der Waals surface area contributed by atoms with Gasteiger partial charge in [0.1, 0.15) is 0 Å². The number of carbonyl (C=O) groups excluding carboxylic acids is 1. The predicted molar refractivity (Wildman–Crippen MR) is 168 cm³/mol. The molecule has 0 aliphatic carbocycles. The number of aromatic nitrogens is 3. The van der Waals surface area contributed by atoms with Crippen LogP contribution in [0.5, 0.6) is 11.5 Å². The first-order valence-electron chi connectivity index (χ1n) is 13.8. The first-order valence-corrected chi connectivity index (χ1v) is 16.6. The number of amides is 1. The first kappa shape index (κ1) is 31.8.